The highest BCUT2D eigenvalue weighted by molar-refractivity contribution is 5.83. The van der Waals surface area contributed by atoms with Gasteiger partial charge in [0.05, 0.1) is 18.8 Å². The van der Waals surface area contributed by atoms with Crippen LogP contribution >= 0.6 is 0 Å². The molecule has 12 nitrogen and oxygen atoms in total. The predicted octanol–water partition coefficient (Wildman–Crippen LogP) is 2.41. The van der Waals surface area contributed by atoms with E-state index in [1.165, 1.54) is 5.56 Å². The summed E-state index contributed by atoms with van der Waals surface area (Å²) in [6, 6.07) is 16.5. The second-order valence-corrected chi connectivity index (χ2v) is 10.2. The third kappa shape index (κ3) is 5.14. The lowest BCUT2D eigenvalue weighted by Crippen LogP contribution is -2.46. The summed E-state index contributed by atoms with van der Waals surface area (Å²) in [4.78, 5) is 33.8. The van der Waals surface area contributed by atoms with Crippen LogP contribution in [-0.2, 0) is 11.3 Å². The number of fused-ring (bicyclic) bond motifs is 1. The highest BCUT2D eigenvalue weighted by atomic mass is 16.5. The molecule has 4 aromatic heterocycles. The SMILES string of the molecule is Nc1ncccc1-c1nc2ccc(N3CCOCC3)nc2n1-c1ccc(CN2CCN(c3ncncn3)CC2)cc1. The fourth-order valence-electron chi connectivity index (χ4n) is 5.46. The van der Waals surface area contributed by atoms with E-state index in [0.29, 0.717) is 19.0 Å². The molecule has 0 spiro atoms. The van der Waals surface area contributed by atoms with Gasteiger partial charge in [-0.1, -0.05) is 12.1 Å². The molecule has 12 heteroatoms. The van der Waals surface area contributed by atoms with Crippen LogP contribution in [0.5, 0.6) is 0 Å². The van der Waals surface area contributed by atoms with Gasteiger partial charge in [-0.3, -0.25) is 9.47 Å². The second kappa shape index (κ2) is 11.1. The molecule has 0 amide bonds. The van der Waals surface area contributed by atoms with Crippen LogP contribution in [0.3, 0.4) is 0 Å². The highest BCUT2D eigenvalue weighted by Gasteiger charge is 2.22. The number of morpholine rings is 1. The van der Waals surface area contributed by atoms with Crippen molar-refractivity contribution in [3.05, 3.63) is 72.9 Å². The molecule has 2 N–H and O–H groups in total. The zero-order chi connectivity index (χ0) is 27.6. The first-order valence-electron chi connectivity index (χ1n) is 13.8. The normalized spacial score (nSPS) is 16.4. The summed E-state index contributed by atoms with van der Waals surface area (Å²) < 4.78 is 7.63. The highest BCUT2D eigenvalue weighted by Crippen LogP contribution is 2.31. The quantitative estimate of drug-likeness (QED) is 0.335. The van der Waals surface area contributed by atoms with Gasteiger partial charge in [-0.25, -0.2) is 29.9 Å². The van der Waals surface area contributed by atoms with E-state index < -0.39 is 0 Å². The summed E-state index contributed by atoms with van der Waals surface area (Å²) in [6.07, 6.45) is 4.79. The number of benzene rings is 1. The Balaban J connectivity index is 1.17. The Morgan fingerprint density at radius 3 is 2.32 bits per heavy atom. The minimum Gasteiger partial charge on any atom is -0.383 e. The van der Waals surface area contributed by atoms with Gasteiger partial charge in [-0.2, -0.15) is 0 Å². The van der Waals surface area contributed by atoms with E-state index in [4.69, 9.17) is 20.4 Å². The molecule has 2 fully saturated rings. The maximum Gasteiger partial charge on any atom is 0.228 e. The van der Waals surface area contributed by atoms with Gasteiger partial charge in [-0.05, 0) is 42.0 Å². The molecule has 2 aliphatic heterocycles. The summed E-state index contributed by atoms with van der Waals surface area (Å²) in [5.41, 5.74) is 10.9. The van der Waals surface area contributed by atoms with Crippen molar-refractivity contribution < 1.29 is 4.74 Å². The first-order valence-corrected chi connectivity index (χ1v) is 13.8. The summed E-state index contributed by atoms with van der Waals surface area (Å²) in [5, 5.41) is 0. The Morgan fingerprint density at radius 2 is 1.56 bits per heavy atom. The molecule has 0 atom stereocenters. The average Bonchev–Trinajstić information content (AvgIpc) is 3.41. The van der Waals surface area contributed by atoms with Crippen LogP contribution in [0.15, 0.2) is 67.4 Å². The molecule has 0 unspecified atom stereocenters. The molecule has 0 radical (unpaired) electrons. The molecule has 7 rings (SSSR count). The molecule has 5 aromatic rings. The fourth-order valence-corrected chi connectivity index (χ4v) is 5.46. The number of piperazine rings is 1. The van der Waals surface area contributed by atoms with E-state index in [0.717, 1.165) is 85.8 Å². The van der Waals surface area contributed by atoms with Gasteiger partial charge in [0.1, 0.15) is 29.8 Å². The number of aromatic nitrogens is 7. The maximum atomic E-state index is 6.32. The Hall–Kier alpha value is -4.68. The summed E-state index contributed by atoms with van der Waals surface area (Å²) in [6.45, 7) is 7.55. The minimum absolute atomic E-state index is 0.436. The molecule has 2 saturated heterocycles. The number of anilines is 3. The number of ether oxygens (including phenoxy) is 1. The van der Waals surface area contributed by atoms with Crippen LogP contribution < -0.4 is 15.5 Å². The molecule has 6 heterocycles. The van der Waals surface area contributed by atoms with Gasteiger partial charge in [0.2, 0.25) is 5.95 Å². The van der Waals surface area contributed by atoms with E-state index in [1.807, 2.05) is 24.3 Å². The number of imidazole rings is 1. The number of hydrogen-bond donors (Lipinski definition) is 1. The molecule has 41 heavy (non-hydrogen) atoms. The number of nitrogens with zero attached hydrogens (tertiary/aromatic N) is 10. The van der Waals surface area contributed by atoms with Gasteiger partial charge in [0.15, 0.2) is 11.5 Å². The lowest BCUT2D eigenvalue weighted by Gasteiger charge is -2.34. The first kappa shape index (κ1) is 25.3. The van der Waals surface area contributed by atoms with Gasteiger partial charge < -0.3 is 20.3 Å². The monoisotopic (exact) mass is 549 g/mol. The molecular formula is C29H31N11O. The first-order chi connectivity index (χ1) is 20.2. The lowest BCUT2D eigenvalue weighted by molar-refractivity contribution is 0.122. The van der Waals surface area contributed by atoms with E-state index in [2.05, 4.69) is 63.5 Å². The summed E-state index contributed by atoms with van der Waals surface area (Å²) >= 11 is 0. The van der Waals surface area contributed by atoms with E-state index in [-0.39, 0.29) is 0 Å². The zero-order valence-corrected chi connectivity index (χ0v) is 22.7. The summed E-state index contributed by atoms with van der Waals surface area (Å²) in [7, 11) is 0. The van der Waals surface area contributed by atoms with Crippen LogP contribution in [0.2, 0.25) is 0 Å². The van der Waals surface area contributed by atoms with Crippen molar-refractivity contribution >= 4 is 28.7 Å². The van der Waals surface area contributed by atoms with Crippen LogP contribution in [0, 0.1) is 0 Å². The fraction of sp³-hybridized carbons (Fsp3) is 0.310. The smallest absolute Gasteiger partial charge is 0.228 e. The Bertz CT molecular complexity index is 1630. The second-order valence-electron chi connectivity index (χ2n) is 10.2. The standard InChI is InChI=1S/C29H31N11O/c30-26-23(2-1-9-32-26)27-35-24-7-8-25(38-14-16-41-17-15-38)36-28(24)40(27)22-5-3-21(4-6-22)18-37-10-12-39(13-11-37)29-33-19-31-20-34-29/h1-9,19-20H,10-18H2,(H2,30,32). The van der Waals surface area contributed by atoms with E-state index in [9.17, 15) is 0 Å². The van der Waals surface area contributed by atoms with Crippen molar-refractivity contribution in [2.45, 2.75) is 6.54 Å². The van der Waals surface area contributed by atoms with Crippen molar-refractivity contribution in [3.8, 4) is 17.1 Å². The third-order valence-corrected chi connectivity index (χ3v) is 7.64. The van der Waals surface area contributed by atoms with Crippen molar-refractivity contribution in [2.24, 2.45) is 0 Å². The number of nitrogen functional groups attached to an aromatic ring is 1. The van der Waals surface area contributed by atoms with Crippen molar-refractivity contribution in [1.82, 2.24) is 39.4 Å². The van der Waals surface area contributed by atoms with Gasteiger partial charge in [0, 0.05) is 57.7 Å². The number of nitrogens with two attached hydrogens (primary N) is 1. The third-order valence-electron chi connectivity index (χ3n) is 7.64. The minimum atomic E-state index is 0.436. The van der Waals surface area contributed by atoms with Crippen LogP contribution in [0.1, 0.15) is 5.56 Å². The number of pyridine rings is 2. The van der Waals surface area contributed by atoms with Crippen molar-refractivity contribution in [2.75, 3.05) is 68.0 Å². The molecule has 1 aromatic carbocycles. The number of hydrogen-bond acceptors (Lipinski definition) is 11. The van der Waals surface area contributed by atoms with E-state index >= 15 is 0 Å². The van der Waals surface area contributed by atoms with Crippen LogP contribution in [0.4, 0.5) is 17.6 Å². The molecule has 0 saturated carbocycles. The van der Waals surface area contributed by atoms with Gasteiger partial charge >= 0.3 is 0 Å². The topological polar surface area (TPSA) is 127 Å². The Labute approximate surface area is 237 Å². The zero-order valence-electron chi connectivity index (χ0n) is 22.7. The summed E-state index contributed by atoms with van der Waals surface area (Å²) in [5.74, 6) is 2.82. The average molecular weight is 550 g/mol. The lowest BCUT2D eigenvalue weighted by atomic mass is 10.1. The molecule has 208 valence electrons. The number of rotatable bonds is 6. The Morgan fingerprint density at radius 1 is 0.780 bits per heavy atom. The van der Waals surface area contributed by atoms with Crippen LogP contribution in [0.25, 0.3) is 28.2 Å². The van der Waals surface area contributed by atoms with Crippen LogP contribution in [-0.4, -0.2) is 91.9 Å². The van der Waals surface area contributed by atoms with E-state index in [1.54, 1.807) is 18.9 Å². The molecule has 0 bridgehead atoms. The van der Waals surface area contributed by atoms with Crippen molar-refractivity contribution in [3.63, 3.8) is 0 Å². The van der Waals surface area contributed by atoms with Gasteiger partial charge in [-0.15, -0.1) is 0 Å². The largest absolute Gasteiger partial charge is 0.383 e. The molecular weight excluding hydrogens is 518 g/mol. The van der Waals surface area contributed by atoms with Crippen molar-refractivity contribution in [1.29, 1.82) is 0 Å². The molecule has 2 aliphatic rings. The Kier molecular flexibility index (Phi) is 6.83. The molecule has 0 aliphatic carbocycles. The predicted molar refractivity (Wildman–Crippen MR) is 157 cm³/mol. The van der Waals surface area contributed by atoms with Gasteiger partial charge in [0.25, 0.3) is 0 Å². The maximum absolute atomic E-state index is 6.32.